The van der Waals surface area contributed by atoms with Gasteiger partial charge in [-0.1, -0.05) is 6.07 Å². The van der Waals surface area contributed by atoms with Crippen LogP contribution in [0.2, 0.25) is 0 Å². The smallest absolute Gasteiger partial charge is 0.268 e. The number of nitrogens with one attached hydrogen (secondary N) is 1. The van der Waals surface area contributed by atoms with Crippen LogP contribution in [0.4, 0.5) is 0 Å². The number of thiophene rings is 1. The van der Waals surface area contributed by atoms with Gasteiger partial charge in [0, 0.05) is 11.6 Å². The Kier molecular flexibility index (Phi) is 2.37. The molecule has 96 valence electrons. The second-order valence-electron chi connectivity index (χ2n) is 4.28. The summed E-state index contributed by atoms with van der Waals surface area (Å²) in [5.41, 5.74) is 2.18. The van der Waals surface area contributed by atoms with E-state index in [2.05, 4.69) is 19.9 Å². The predicted octanol–water partition coefficient (Wildman–Crippen LogP) is 2.59. The molecule has 6 heteroatoms. The largest absolute Gasteiger partial charge is 0.312 e. The van der Waals surface area contributed by atoms with Gasteiger partial charge in [0.1, 0.15) is 9.53 Å². The molecular formula is C14H8N4OS. The zero-order chi connectivity index (χ0) is 13.5. The van der Waals surface area contributed by atoms with Gasteiger partial charge in [-0.3, -0.25) is 9.78 Å². The van der Waals surface area contributed by atoms with Gasteiger partial charge in [-0.15, -0.1) is 11.3 Å². The first-order chi connectivity index (χ1) is 9.83. The molecule has 0 saturated heterocycles. The Balaban J connectivity index is 2.03. The fourth-order valence-corrected chi connectivity index (χ4v) is 3.15. The average Bonchev–Trinajstić information content (AvgIpc) is 2.87. The van der Waals surface area contributed by atoms with Crippen molar-refractivity contribution in [1.29, 1.82) is 0 Å². The van der Waals surface area contributed by atoms with E-state index in [4.69, 9.17) is 0 Å². The lowest BCUT2D eigenvalue weighted by atomic mass is 10.2. The number of hydrogen-bond donors (Lipinski definition) is 1. The molecule has 0 radical (unpaired) electrons. The summed E-state index contributed by atoms with van der Waals surface area (Å²) in [6.07, 6.45) is 3.15. The summed E-state index contributed by atoms with van der Waals surface area (Å²) in [6, 6.07) is 9.54. The normalized spacial score (nSPS) is 11.2. The summed E-state index contributed by atoms with van der Waals surface area (Å²) in [5.74, 6) is 0. The molecule has 4 aromatic rings. The Morgan fingerprint density at radius 2 is 2.00 bits per heavy atom. The minimum absolute atomic E-state index is 0.127. The summed E-state index contributed by atoms with van der Waals surface area (Å²) in [6.45, 7) is 0. The summed E-state index contributed by atoms with van der Waals surface area (Å²) in [4.78, 5) is 28.3. The predicted molar refractivity (Wildman–Crippen MR) is 78.8 cm³/mol. The zero-order valence-electron chi connectivity index (χ0n) is 10.2. The molecule has 0 unspecified atom stereocenters. The topological polar surface area (TPSA) is 71.5 Å². The van der Waals surface area contributed by atoms with Crippen molar-refractivity contribution in [3.8, 4) is 11.4 Å². The van der Waals surface area contributed by atoms with Crippen molar-refractivity contribution >= 4 is 31.8 Å². The number of H-pyrrole nitrogens is 1. The Hall–Kier alpha value is -2.60. The zero-order valence-corrected chi connectivity index (χ0v) is 11.0. The van der Waals surface area contributed by atoms with E-state index in [0.717, 1.165) is 21.6 Å². The molecule has 20 heavy (non-hydrogen) atoms. The summed E-state index contributed by atoms with van der Waals surface area (Å²) < 4.78 is 0.605. The van der Waals surface area contributed by atoms with Crippen LogP contribution in [0, 0.1) is 0 Å². The number of fused-ring (bicyclic) bond motifs is 3. The molecule has 0 fully saturated rings. The van der Waals surface area contributed by atoms with Crippen LogP contribution in [0.15, 0.2) is 47.7 Å². The Labute approximate surface area is 117 Å². The third-order valence-electron chi connectivity index (χ3n) is 3.05. The molecule has 0 saturated carbocycles. The Bertz CT molecular complexity index is 975. The van der Waals surface area contributed by atoms with Gasteiger partial charge < -0.3 is 4.98 Å². The lowest BCUT2D eigenvalue weighted by Crippen LogP contribution is -2.03. The van der Waals surface area contributed by atoms with Crippen molar-refractivity contribution in [2.75, 3.05) is 0 Å². The third-order valence-corrected chi connectivity index (χ3v) is 4.14. The van der Waals surface area contributed by atoms with Crippen molar-refractivity contribution in [3.63, 3.8) is 0 Å². The number of rotatable bonds is 1. The van der Waals surface area contributed by atoms with Gasteiger partial charge in [0.05, 0.1) is 23.2 Å². The van der Waals surface area contributed by atoms with E-state index < -0.39 is 0 Å². The molecule has 0 aliphatic heterocycles. The maximum absolute atomic E-state index is 11.8. The average molecular weight is 280 g/mol. The van der Waals surface area contributed by atoms with E-state index in [9.17, 15) is 4.79 Å². The van der Waals surface area contributed by atoms with Gasteiger partial charge in [0.25, 0.3) is 5.56 Å². The van der Waals surface area contributed by atoms with Crippen LogP contribution in [-0.2, 0) is 0 Å². The summed E-state index contributed by atoms with van der Waals surface area (Å²) >= 11 is 1.35. The van der Waals surface area contributed by atoms with Crippen molar-refractivity contribution in [1.82, 2.24) is 19.9 Å². The molecule has 0 atom stereocenters. The van der Waals surface area contributed by atoms with E-state index in [1.165, 1.54) is 17.7 Å². The standard InChI is InChI=1S/C14H8N4OS/c19-13-12-11(16-7-17-13)8-4-5-10(18-14(8)20-12)9-3-1-2-6-15-9/h1-7H,(H,16,17,19). The highest BCUT2D eigenvalue weighted by atomic mass is 32.1. The van der Waals surface area contributed by atoms with Gasteiger partial charge in [0.2, 0.25) is 0 Å². The van der Waals surface area contributed by atoms with E-state index in [1.54, 1.807) is 6.20 Å². The fourth-order valence-electron chi connectivity index (χ4n) is 2.13. The van der Waals surface area contributed by atoms with Gasteiger partial charge in [-0.2, -0.15) is 0 Å². The molecule has 5 nitrogen and oxygen atoms in total. The number of hydrogen-bond acceptors (Lipinski definition) is 5. The maximum atomic E-state index is 11.8. The SMILES string of the molecule is O=c1[nH]cnc2c1sc1nc(-c3ccccn3)ccc12. The van der Waals surface area contributed by atoms with Gasteiger partial charge in [-0.05, 0) is 24.3 Å². The highest BCUT2D eigenvalue weighted by Crippen LogP contribution is 2.30. The maximum Gasteiger partial charge on any atom is 0.268 e. The highest BCUT2D eigenvalue weighted by molar-refractivity contribution is 7.25. The number of aromatic amines is 1. The Morgan fingerprint density at radius 1 is 1.05 bits per heavy atom. The van der Waals surface area contributed by atoms with Crippen molar-refractivity contribution < 1.29 is 0 Å². The molecule has 4 heterocycles. The first-order valence-electron chi connectivity index (χ1n) is 6.01. The van der Waals surface area contributed by atoms with E-state index in [-0.39, 0.29) is 5.56 Å². The molecule has 0 aliphatic rings. The van der Waals surface area contributed by atoms with Crippen molar-refractivity contribution in [3.05, 3.63) is 53.2 Å². The van der Waals surface area contributed by atoms with E-state index >= 15 is 0 Å². The van der Waals surface area contributed by atoms with Crippen molar-refractivity contribution in [2.24, 2.45) is 0 Å². The Morgan fingerprint density at radius 3 is 2.85 bits per heavy atom. The first-order valence-corrected chi connectivity index (χ1v) is 6.83. The highest BCUT2D eigenvalue weighted by Gasteiger charge is 2.11. The number of nitrogens with zero attached hydrogens (tertiary/aromatic N) is 3. The molecule has 0 aromatic carbocycles. The molecule has 1 N–H and O–H groups in total. The lowest BCUT2D eigenvalue weighted by Gasteiger charge is -1.98. The van der Waals surface area contributed by atoms with Crippen molar-refractivity contribution in [2.45, 2.75) is 0 Å². The molecule has 4 rings (SSSR count). The van der Waals surface area contributed by atoms with E-state index in [0.29, 0.717) is 10.2 Å². The molecule has 0 aliphatic carbocycles. The van der Waals surface area contributed by atoms with Crippen LogP contribution in [0.1, 0.15) is 0 Å². The van der Waals surface area contributed by atoms with E-state index in [1.807, 2.05) is 30.3 Å². The quantitative estimate of drug-likeness (QED) is 0.581. The van der Waals surface area contributed by atoms with Crippen LogP contribution in [-0.4, -0.2) is 19.9 Å². The van der Waals surface area contributed by atoms with Crippen LogP contribution < -0.4 is 5.56 Å². The third kappa shape index (κ3) is 1.62. The summed E-state index contributed by atoms with van der Waals surface area (Å²) in [7, 11) is 0. The second-order valence-corrected chi connectivity index (χ2v) is 5.27. The first kappa shape index (κ1) is 11.2. The minimum atomic E-state index is -0.127. The summed E-state index contributed by atoms with van der Waals surface area (Å²) in [5, 5.41) is 0.899. The number of aromatic nitrogens is 4. The van der Waals surface area contributed by atoms with Crippen LogP contribution >= 0.6 is 11.3 Å². The lowest BCUT2D eigenvalue weighted by molar-refractivity contribution is 1.18. The monoisotopic (exact) mass is 280 g/mol. The van der Waals surface area contributed by atoms with Crippen LogP contribution in [0.25, 0.3) is 31.8 Å². The molecule has 4 aromatic heterocycles. The molecule has 0 bridgehead atoms. The fraction of sp³-hybridized carbons (Fsp3) is 0. The number of pyridine rings is 2. The second kappa shape index (κ2) is 4.21. The minimum Gasteiger partial charge on any atom is -0.312 e. The van der Waals surface area contributed by atoms with Gasteiger partial charge in [0.15, 0.2) is 0 Å². The van der Waals surface area contributed by atoms with Crippen LogP contribution in [0.5, 0.6) is 0 Å². The molecule has 0 amide bonds. The molecule has 0 spiro atoms. The van der Waals surface area contributed by atoms with Crippen LogP contribution in [0.3, 0.4) is 0 Å². The van der Waals surface area contributed by atoms with Gasteiger partial charge in [-0.25, -0.2) is 9.97 Å². The van der Waals surface area contributed by atoms with Gasteiger partial charge >= 0.3 is 0 Å². The molecular weight excluding hydrogens is 272 g/mol.